The molecular weight excluding hydrogens is 448 g/mol. The van der Waals surface area contributed by atoms with Gasteiger partial charge < -0.3 is 10.6 Å². The van der Waals surface area contributed by atoms with Crippen LogP contribution >= 0.6 is 22.6 Å². The minimum atomic E-state index is -4.44. The van der Waals surface area contributed by atoms with E-state index in [0.29, 0.717) is 5.56 Å². The number of hydrogen-bond acceptors (Lipinski definition) is 2. The summed E-state index contributed by atoms with van der Waals surface area (Å²) in [6.07, 6.45) is -4.44. The molecule has 25 heavy (non-hydrogen) atoms. The average Bonchev–Trinajstić information content (AvgIpc) is 2.57. The van der Waals surface area contributed by atoms with E-state index in [-0.39, 0.29) is 24.6 Å². The van der Waals surface area contributed by atoms with Crippen molar-refractivity contribution >= 4 is 34.4 Å². The molecule has 0 atom stereocenters. The minimum Gasteiger partial charge on any atom is -0.350 e. The van der Waals surface area contributed by atoms with E-state index in [0.717, 1.165) is 27.8 Å². The van der Waals surface area contributed by atoms with Gasteiger partial charge in [0.05, 0.1) is 5.56 Å². The fraction of sp³-hybridized carbons (Fsp3) is 0.176. The fourth-order valence-electron chi connectivity index (χ4n) is 2.00. The van der Waals surface area contributed by atoms with Crippen LogP contribution < -0.4 is 10.6 Å². The Balaban J connectivity index is 1.79. The molecule has 8 heteroatoms. The van der Waals surface area contributed by atoms with Crippen molar-refractivity contribution in [2.24, 2.45) is 0 Å². The largest absolute Gasteiger partial charge is 0.416 e. The SMILES string of the molecule is O=C(NCCNC(=O)c1cccc(I)c1)c1ccc(C(F)(F)F)cc1. The molecule has 2 amide bonds. The smallest absolute Gasteiger partial charge is 0.350 e. The number of carbonyl (C=O) groups excluding carboxylic acids is 2. The van der Waals surface area contributed by atoms with Gasteiger partial charge in [0.2, 0.25) is 0 Å². The van der Waals surface area contributed by atoms with Gasteiger partial charge in [0.15, 0.2) is 0 Å². The van der Waals surface area contributed by atoms with Gasteiger partial charge in [0.25, 0.3) is 11.8 Å². The van der Waals surface area contributed by atoms with E-state index in [4.69, 9.17) is 0 Å². The number of carbonyl (C=O) groups is 2. The van der Waals surface area contributed by atoms with E-state index in [2.05, 4.69) is 33.2 Å². The van der Waals surface area contributed by atoms with E-state index in [1.807, 2.05) is 6.07 Å². The topological polar surface area (TPSA) is 58.2 Å². The molecule has 0 aliphatic carbocycles. The number of hydrogen-bond donors (Lipinski definition) is 2. The molecule has 0 spiro atoms. The highest BCUT2D eigenvalue weighted by Gasteiger charge is 2.30. The first-order chi connectivity index (χ1) is 11.8. The third kappa shape index (κ3) is 5.73. The summed E-state index contributed by atoms with van der Waals surface area (Å²) in [5.74, 6) is -0.764. The number of alkyl halides is 3. The molecule has 0 unspecified atom stereocenters. The van der Waals surface area contributed by atoms with Crippen LogP contribution in [0.4, 0.5) is 13.2 Å². The second-order valence-electron chi connectivity index (χ2n) is 5.10. The van der Waals surface area contributed by atoms with Gasteiger partial charge in [-0.25, -0.2) is 0 Å². The molecule has 0 heterocycles. The Labute approximate surface area is 155 Å². The molecule has 0 radical (unpaired) electrons. The van der Waals surface area contributed by atoms with Crippen LogP contribution in [0.5, 0.6) is 0 Å². The van der Waals surface area contributed by atoms with Gasteiger partial charge in [-0.1, -0.05) is 6.07 Å². The Hall–Kier alpha value is -2.10. The van der Waals surface area contributed by atoms with E-state index < -0.39 is 17.6 Å². The van der Waals surface area contributed by atoms with Crippen LogP contribution in [0, 0.1) is 3.57 Å². The van der Waals surface area contributed by atoms with Gasteiger partial charge >= 0.3 is 6.18 Å². The highest BCUT2D eigenvalue weighted by Crippen LogP contribution is 2.29. The Kier molecular flexibility index (Phi) is 6.40. The summed E-state index contributed by atoms with van der Waals surface area (Å²) in [4.78, 5) is 23.8. The summed E-state index contributed by atoms with van der Waals surface area (Å²) in [5, 5.41) is 5.20. The lowest BCUT2D eigenvalue weighted by Crippen LogP contribution is -2.34. The first-order valence-corrected chi connectivity index (χ1v) is 8.34. The molecule has 0 aliphatic rings. The zero-order valence-electron chi connectivity index (χ0n) is 12.9. The lowest BCUT2D eigenvalue weighted by molar-refractivity contribution is -0.137. The van der Waals surface area contributed by atoms with Crippen LogP contribution in [0.25, 0.3) is 0 Å². The summed E-state index contributed by atoms with van der Waals surface area (Å²) >= 11 is 2.10. The van der Waals surface area contributed by atoms with Gasteiger partial charge in [-0.05, 0) is 65.1 Å². The van der Waals surface area contributed by atoms with Crippen LogP contribution in [-0.4, -0.2) is 24.9 Å². The second kappa shape index (κ2) is 8.32. The summed E-state index contributed by atoms with van der Waals surface area (Å²) in [6, 6.07) is 11.0. The predicted molar refractivity (Wildman–Crippen MR) is 95.3 cm³/mol. The van der Waals surface area contributed by atoms with Gasteiger partial charge in [0.1, 0.15) is 0 Å². The van der Waals surface area contributed by atoms with E-state index >= 15 is 0 Å². The molecule has 2 N–H and O–H groups in total. The molecule has 0 bridgehead atoms. The molecule has 0 saturated carbocycles. The maximum absolute atomic E-state index is 12.5. The summed E-state index contributed by atoms with van der Waals surface area (Å²) in [5.41, 5.74) is -0.174. The molecule has 0 aromatic heterocycles. The van der Waals surface area contributed by atoms with Crippen molar-refractivity contribution in [1.82, 2.24) is 10.6 Å². The molecular formula is C17H14F3IN2O2. The molecule has 2 rings (SSSR count). The highest BCUT2D eigenvalue weighted by atomic mass is 127. The Morgan fingerprint density at radius 1 is 0.880 bits per heavy atom. The fourth-order valence-corrected chi connectivity index (χ4v) is 2.54. The number of rotatable bonds is 5. The third-order valence-corrected chi connectivity index (χ3v) is 3.93. The second-order valence-corrected chi connectivity index (χ2v) is 6.34. The number of halogens is 4. The van der Waals surface area contributed by atoms with Crippen molar-refractivity contribution in [2.45, 2.75) is 6.18 Å². The van der Waals surface area contributed by atoms with Gasteiger partial charge in [-0.2, -0.15) is 13.2 Å². The molecule has 2 aromatic carbocycles. The van der Waals surface area contributed by atoms with Crippen molar-refractivity contribution in [3.8, 4) is 0 Å². The van der Waals surface area contributed by atoms with Crippen LogP contribution in [0.15, 0.2) is 48.5 Å². The normalized spacial score (nSPS) is 11.0. The maximum Gasteiger partial charge on any atom is 0.416 e. The summed E-state index contributed by atoms with van der Waals surface area (Å²) < 4.78 is 38.3. The molecule has 4 nitrogen and oxygen atoms in total. The standard InChI is InChI=1S/C17H14F3IN2O2/c18-17(19,20)13-6-4-11(5-7-13)15(24)22-8-9-23-16(25)12-2-1-3-14(21)10-12/h1-7,10H,8-9H2,(H,22,24)(H,23,25). The van der Waals surface area contributed by atoms with E-state index in [1.165, 1.54) is 0 Å². The van der Waals surface area contributed by atoms with Crippen LogP contribution in [0.2, 0.25) is 0 Å². The molecule has 0 saturated heterocycles. The average molecular weight is 462 g/mol. The first kappa shape index (κ1) is 19.2. The van der Waals surface area contributed by atoms with Crippen LogP contribution in [-0.2, 0) is 6.18 Å². The molecule has 0 fully saturated rings. The Bertz CT molecular complexity index is 761. The molecule has 132 valence electrons. The van der Waals surface area contributed by atoms with Gasteiger partial charge in [-0.15, -0.1) is 0 Å². The monoisotopic (exact) mass is 462 g/mol. The lowest BCUT2D eigenvalue weighted by Gasteiger charge is -2.09. The molecule has 0 aliphatic heterocycles. The van der Waals surface area contributed by atoms with Gasteiger partial charge in [-0.3, -0.25) is 9.59 Å². The maximum atomic E-state index is 12.5. The quantitative estimate of drug-likeness (QED) is 0.529. The van der Waals surface area contributed by atoms with E-state index in [1.54, 1.807) is 18.2 Å². The third-order valence-electron chi connectivity index (χ3n) is 3.26. The Morgan fingerprint density at radius 2 is 1.44 bits per heavy atom. The molecule has 2 aromatic rings. The lowest BCUT2D eigenvalue weighted by atomic mass is 10.1. The predicted octanol–water partition coefficient (Wildman–Crippen LogP) is 3.47. The minimum absolute atomic E-state index is 0.122. The van der Waals surface area contributed by atoms with Crippen molar-refractivity contribution < 1.29 is 22.8 Å². The Morgan fingerprint density at radius 3 is 1.96 bits per heavy atom. The van der Waals surface area contributed by atoms with Gasteiger partial charge in [0, 0.05) is 27.8 Å². The first-order valence-electron chi connectivity index (χ1n) is 7.26. The number of benzene rings is 2. The van der Waals surface area contributed by atoms with Crippen molar-refractivity contribution in [3.05, 3.63) is 68.8 Å². The number of nitrogens with one attached hydrogen (secondary N) is 2. The zero-order chi connectivity index (χ0) is 18.4. The van der Waals surface area contributed by atoms with Crippen LogP contribution in [0.3, 0.4) is 0 Å². The van der Waals surface area contributed by atoms with Crippen molar-refractivity contribution in [2.75, 3.05) is 13.1 Å². The van der Waals surface area contributed by atoms with Crippen molar-refractivity contribution in [1.29, 1.82) is 0 Å². The number of amides is 2. The zero-order valence-corrected chi connectivity index (χ0v) is 15.0. The summed E-state index contributed by atoms with van der Waals surface area (Å²) in [6.45, 7) is 0.367. The summed E-state index contributed by atoms with van der Waals surface area (Å²) in [7, 11) is 0. The van der Waals surface area contributed by atoms with E-state index in [9.17, 15) is 22.8 Å². The van der Waals surface area contributed by atoms with Crippen molar-refractivity contribution in [3.63, 3.8) is 0 Å². The van der Waals surface area contributed by atoms with Crippen LogP contribution in [0.1, 0.15) is 26.3 Å². The highest BCUT2D eigenvalue weighted by molar-refractivity contribution is 14.1.